The van der Waals surface area contributed by atoms with Crippen LogP contribution in [0.5, 0.6) is 0 Å². The fourth-order valence-electron chi connectivity index (χ4n) is 4.28. The molecule has 1 aliphatic heterocycles. The molecule has 0 radical (unpaired) electrons. The molecule has 162 valence electrons. The summed E-state index contributed by atoms with van der Waals surface area (Å²) in [6.45, 7) is 2.97. The van der Waals surface area contributed by atoms with Crippen molar-refractivity contribution < 1.29 is 14.0 Å². The van der Waals surface area contributed by atoms with Crippen LogP contribution in [0, 0.1) is 12.7 Å². The SMILES string of the molecule is Cc1[nH]c2ccc(F)cc2c1CC(=O)N1CCCCC1CNC(=O)Nc1ccccc1. The van der Waals surface area contributed by atoms with Crippen molar-refractivity contribution in [2.45, 2.75) is 38.6 Å². The zero-order chi connectivity index (χ0) is 21.8. The van der Waals surface area contributed by atoms with E-state index in [1.165, 1.54) is 12.1 Å². The number of anilines is 1. The molecule has 1 aliphatic rings. The van der Waals surface area contributed by atoms with Gasteiger partial charge in [-0.1, -0.05) is 18.2 Å². The van der Waals surface area contributed by atoms with Gasteiger partial charge in [-0.3, -0.25) is 4.79 Å². The van der Waals surface area contributed by atoms with Crippen LogP contribution in [0.15, 0.2) is 48.5 Å². The number of hydrogen-bond acceptors (Lipinski definition) is 2. The number of rotatable bonds is 5. The van der Waals surface area contributed by atoms with Gasteiger partial charge < -0.3 is 20.5 Å². The number of piperidine rings is 1. The minimum Gasteiger partial charge on any atom is -0.358 e. The summed E-state index contributed by atoms with van der Waals surface area (Å²) in [7, 11) is 0. The van der Waals surface area contributed by atoms with Gasteiger partial charge in [-0.2, -0.15) is 0 Å². The Morgan fingerprint density at radius 2 is 1.97 bits per heavy atom. The number of carbonyl (C=O) groups is 2. The van der Waals surface area contributed by atoms with Gasteiger partial charge >= 0.3 is 6.03 Å². The Morgan fingerprint density at radius 1 is 1.16 bits per heavy atom. The molecule has 31 heavy (non-hydrogen) atoms. The van der Waals surface area contributed by atoms with Crippen LogP contribution < -0.4 is 10.6 Å². The van der Waals surface area contributed by atoms with E-state index in [2.05, 4.69) is 15.6 Å². The Kier molecular flexibility index (Phi) is 6.21. The number of aromatic nitrogens is 1. The van der Waals surface area contributed by atoms with Crippen LogP contribution in [-0.4, -0.2) is 41.0 Å². The number of nitrogens with one attached hydrogen (secondary N) is 3. The van der Waals surface area contributed by atoms with Crippen molar-refractivity contribution in [3.8, 4) is 0 Å². The van der Waals surface area contributed by atoms with E-state index in [-0.39, 0.29) is 30.2 Å². The summed E-state index contributed by atoms with van der Waals surface area (Å²) in [4.78, 5) is 30.5. The van der Waals surface area contributed by atoms with Gasteiger partial charge in [0.25, 0.3) is 0 Å². The number of H-pyrrole nitrogens is 1. The van der Waals surface area contributed by atoms with Crippen LogP contribution in [0.2, 0.25) is 0 Å². The topological polar surface area (TPSA) is 77.2 Å². The van der Waals surface area contributed by atoms with E-state index in [0.29, 0.717) is 13.1 Å². The molecule has 3 aromatic rings. The molecular weight excluding hydrogens is 395 g/mol. The fraction of sp³-hybridized carbons (Fsp3) is 0.333. The zero-order valence-corrected chi connectivity index (χ0v) is 17.6. The quantitative estimate of drug-likeness (QED) is 0.571. The summed E-state index contributed by atoms with van der Waals surface area (Å²) in [5.74, 6) is -0.312. The third-order valence-electron chi connectivity index (χ3n) is 5.89. The molecular formula is C24H27FN4O2. The van der Waals surface area contributed by atoms with E-state index in [4.69, 9.17) is 0 Å². The van der Waals surface area contributed by atoms with Gasteiger partial charge in [0.05, 0.1) is 6.42 Å². The van der Waals surface area contributed by atoms with Crippen molar-refractivity contribution in [2.75, 3.05) is 18.4 Å². The van der Waals surface area contributed by atoms with Crippen molar-refractivity contribution in [1.29, 1.82) is 0 Å². The number of amides is 3. The van der Waals surface area contributed by atoms with E-state index < -0.39 is 0 Å². The lowest BCUT2D eigenvalue weighted by Crippen LogP contribution is -2.50. The van der Waals surface area contributed by atoms with Crippen LogP contribution in [0.4, 0.5) is 14.9 Å². The van der Waals surface area contributed by atoms with Crippen molar-refractivity contribution >= 4 is 28.5 Å². The number of hydrogen-bond donors (Lipinski definition) is 3. The summed E-state index contributed by atoms with van der Waals surface area (Å²) < 4.78 is 13.8. The first kappa shape index (κ1) is 20.9. The Bertz CT molecular complexity index is 1080. The summed E-state index contributed by atoms with van der Waals surface area (Å²) in [6.07, 6.45) is 3.02. The third kappa shape index (κ3) is 4.87. The molecule has 1 atom stereocenters. The highest BCUT2D eigenvalue weighted by molar-refractivity contribution is 5.91. The number of aromatic amines is 1. The molecule has 3 N–H and O–H groups in total. The Balaban J connectivity index is 1.41. The fourth-order valence-corrected chi connectivity index (χ4v) is 4.28. The molecule has 2 heterocycles. The van der Waals surface area contributed by atoms with Crippen molar-refractivity contribution in [3.63, 3.8) is 0 Å². The average Bonchev–Trinajstić information content (AvgIpc) is 3.07. The van der Waals surface area contributed by atoms with Gasteiger partial charge in [0.15, 0.2) is 0 Å². The van der Waals surface area contributed by atoms with Crippen molar-refractivity contribution in [1.82, 2.24) is 15.2 Å². The van der Waals surface area contributed by atoms with Gasteiger partial charge in [-0.05, 0) is 62.1 Å². The highest BCUT2D eigenvalue weighted by atomic mass is 19.1. The third-order valence-corrected chi connectivity index (χ3v) is 5.89. The summed E-state index contributed by atoms with van der Waals surface area (Å²) in [6, 6.07) is 13.5. The predicted molar refractivity (Wildman–Crippen MR) is 120 cm³/mol. The Labute approximate surface area is 180 Å². The smallest absolute Gasteiger partial charge is 0.319 e. The minimum absolute atomic E-state index is 0.00299. The maximum Gasteiger partial charge on any atom is 0.319 e. The van der Waals surface area contributed by atoms with Gasteiger partial charge in [0.2, 0.25) is 5.91 Å². The van der Waals surface area contributed by atoms with E-state index in [9.17, 15) is 14.0 Å². The molecule has 7 heteroatoms. The van der Waals surface area contributed by atoms with Crippen molar-refractivity contribution in [2.24, 2.45) is 0 Å². The number of urea groups is 1. The van der Waals surface area contributed by atoms with Gasteiger partial charge in [0, 0.05) is 41.4 Å². The van der Waals surface area contributed by atoms with Crippen LogP contribution in [0.1, 0.15) is 30.5 Å². The van der Waals surface area contributed by atoms with E-state index >= 15 is 0 Å². The first-order valence-electron chi connectivity index (χ1n) is 10.7. The second kappa shape index (κ2) is 9.20. The number of carbonyl (C=O) groups excluding carboxylic acids is 2. The maximum atomic E-state index is 13.8. The van der Waals surface area contributed by atoms with Gasteiger partial charge in [-0.15, -0.1) is 0 Å². The van der Waals surface area contributed by atoms with Crippen LogP contribution in [-0.2, 0) is 11.2 Å². The van der Waals surface area contributed by atoms with Crippen LogP contribution in [0.25, 0.3) is 10.9 Å². The average molecular weight is 423 g/mol. The number of para-hydroxylation sites is 1. The molecule has 0 saturated carbocycles. The van der Waals surface area contributed by atoms with Gasteiger partial charge in [-0.25, -0.2) is 9.18 Å². The van der Waals surface area contributed by atoms with E-state index in [0.717, 1.165) is 47.1 Å². The second-order valence-corrected chi connectivity index (χ2v) is 8.03. The van der Waals surface area contributed by atoms with Crippen LogP contribution in [0.3, 0.4) is 0 Å². The summed E-state index contributed by atoms with van der Waals surface area (Å²) >= 11 is 0. The number of likely N-dealkylation sites (tertiary alicyclic amines) is 1. The zero-order valence-electron chi connectivity index (χ0n) is 17.6. The molecule has 0 bridgehead atoms. The highest BCUT2D eigenvalue weighted by Gasteiger charge is 2.28. The molecule has 1 saturated heterocycles. The first-order chi connectivity index (χ1) is 15.0. The number of fused-ring (bicyclic) bond motifs is 1. The minimum atomic E-state index is -0.315. The molecule has 1 unspecified atom stereocenters. The Morgan fingerprint density at radius 3 is 2.77 bits per heavy atom. The maximum absolute atomic E-state index is 13.8. The molecule has 1 fully saturated rings. The lowest BCUT2D eigenvalue weighted by molar-refractivity contribution is -0.134. The van der Waals surface area contributed by atoms with Crippen molar-refractivity contribution in [3.05, 3.63) is 65.6 Å². The molecule has 1 aromatic heterocycles. The number of aryl methyl sites for hydroxylation is 1. The lowest BCUT2D eigenvalue weighted by Gasteiger charge is -2.36. The van der Waals surface area contributed by atoms with E-state index in [1.807, 2.05) is 42.2 Å². The second-order valence-electron chi connectivity index (χ2n) is 8.03. The summed E-state index contributed by atoms with van der Waals surface area (Å²) in [5.41, 5.74) is 3.26. The number of benzene rings is 2. The van der Waals surface area contributed by atoms with Gasteiger partial charge in [0.1, 0.15) is 5.82 Å². The largest absolute Gasteiger partial charge is 0.358 e. The standard InChI is InChI=1S/C24H27FN4O2/c1-16-20(21-13-17(25)10-11-22(21)27-16)14-23(30)29-12-6-5-9-19(29)15-26-24(31)28-18-7-3-2-4-8-18/h2-4,7-8,10-11,13,19,27H,5-6,9,12,14-15H2,1H3,(H2,26,28,31). The normalized spacial score (nSPS) is 16.3. The molecule has 4 rings (SSSR count). The predicted octanol–water partition coefficient (Wildman–Crippen LogP) is 4.36. The lowest BCUT2D eigenvalue weighted by atomic mass is 10.00. The molecule has 2 aromatic carbocycles. The molecule has 6 nitrogen and oxygen atoms in total. The van der Waals surface area contributed by atoms with E-state index in [1.54, 1.807) is 6.07 Å². The highest BCUT2D eigenvalue weighted by Crippen LogP contribution is 2.25. The molecule has 3 amide bonds. The molecule has 0 aliphatic carbocycles. The monoisotopic (exact) mass is 422 g/mol. The van der Waals surface area contributed by atoms with Crippen LogP contribution >= 0.6 is 0 Å². The molecule has 0 spiro atoms. The number of halogens is 1. The summed E-state index contributed by atoms with van der Waals surface area (Å²) in [5, 5.41) is 6.44. The number of nitrogens with zero attached hydrogens (tertiary/aromatic N) is 1. The first-order valence-corrected chi connectivity index (χ1v) is 10.7. The Hall–Kier alpha value is -3.35.